The molecule has 4 aromatic carbocycles. The average Bonchev–Trinajstić information content (AvgIpc) is 3.19. The molecule has 0 aliphatic carbocycles. The van der Waals surface area contributed by atoms with Crippen LogP contribution in [0.5, 0.6) is 0 Å². The zero-order chi connectivity index (χ0) is 21.5. The lowest BCUT2D eigenvalue weighted by Gasteiger charge is -2.11. The van der Waals surface area contributed by atoms with E-state index in [1.165, 1.54) is 16.3 Å². The van der Waals surface area contributed by atoms with E-state index in [1.807, 2.05) is 42.5 Å². The van der Waals surface area contributed by atoms with Crippen LogP contribution in [0, 0.1) is 6.92 Å². The number of aryl methyl sites for hydroxylation is 1. The van der Waals surface area contributed by atoms with Gasteiger partial charge >= 0.3 is 0 Å². The summed E-state index contributed by atoms with van der Waals surface area (Å²) in [5.41, 5.74) is 5.27. The molecule has 0 fully saturated rings. The highest BCUT2D eigenvalue weighted by atomic mass is 15.2. The minimum Gasteiger partial charge on any atom is -0.278 e. The van der Waals surface area contributed by atoms with Crippen molar-refractivity contribution in [3.8, 4) is 28.7 Å². The lowest BCUT2D eigenvalue weighted by Crippen LogP contribution is -2.06. The number of benzene rings is 4. The predicted molar refractivity (Wildman–Crippen MR) is 130 cm³/mol. The Bertz CT molecular complexity index is 1530. The molecule has 0 saturated heterocycles. The highest BCUT2D eigenvalue weighted by Gasteiger charge is 2.17. The Morgan fingerprint density at radius 3 is 1.75 bits per heavy atom. The van der Waals surface area contributed by atoms with Crippen LogP contribution in [0.1, 0.15) is 5.56 Å². The molecule has 2 aromatic heterocycles. The zero-order valence-electron chi connectivity index (χ0n) is 17.6. The van der Waals surface area contributed by atoms with E-state index in [0.717, 1.165) is 22.2 Å². The third kappa shape index (κ3) is 3.05. The maximum absolute atomic E-state index is 4.95. The summed E-state index contributed by atoms with van der Waals surface area (Å²) in [5.74, 6) is 1.95. The highest BCUT2D eigenvalue weighted by molar-refractivity contribution is 6.08. The van der Waals surface area contributed by atoms with Gasteiger partial charge in [-0.25, -0.2) is 4.98 Å². The first-order valence-corrected chi connectivity index (χ1v) is 10.6. The van der Waals surface area contributed by atoms with Gasteiger partial charge in [0.05, 0.1) is 11.0 Å². The summed E-state index contributed by atoms with van der Waals surface area (Å²) in [7, 11) is 0. The van der Waals surface area contributed by atoms with Crippen molar-refractivity contribution in [2.45, 2.75) is 6.92 Å². The van der Waals surface area contributed by atoms with Gasteiger partial charge in [0.2, 0.25) is 5.95 Å². The number of hydrogen-bond acceptors (Lipinski definition) is 3. The molecule has 0 bridgehead atoms. The van der Waals surface area contributed by atoms with Gasteiger partial charge in [0, 0.05) is 21.9 Å². The van der Waals surface area contributed by atoms with Crippen molar-refractivity contribution in [2.75, 3.05) is 0 Å². The molecule has 0 spiro atoms. The summed E-state index contributed by atoms with van der Waals surface area (Å²) in [6, 6.07) is 35.1. The second-order valence-corrected chi connectivity index (χ2v) is 7.89. The van der Waals surface area contributed by atoms with Crippen molar-refractivity contribution < 1.29 is 0 Å². The standard InChI is InChI=1S/C28H20N4/c1-19-10-9-13-21(18-19)27-29-26(20-11-3-2-4-12-20)30-28(31-27)32-24-16-7-5-14-22(24)23-15-6-8-17-25(23)32/h2-18H,1H3. The molecular weight excluding hydrogens is 392 g/mol. The number of aromatic nitrogens is 4. The predicted octanol–water partition coefficient (Wildman–Crippen LogP) is 6.61. The molecule has 6 rings (SSSR count). The fourth-order valence-corrected chi connectivity index (χ4v) is 4.23. The summed E-state index contributed by atoms with van der Waals surface area (Å²) in [6.45, 7) is 2.08. The summed E-state index contributed by atoms with van der Waals surface area (Å²) in [5, 5.41) is 2.36. The smallest absolute Gasteiger partial charge is 0.238 e. The summed E-state index contributed by atoms with van der Waals surface area (Å²) >= 11 is 0. The van der Waals surface area contributed by atoms with Gasteiger partial charge in [-0.2, -0.15) is 9.97 Å². The fourth-order valence-electron chi connectivity index (χ4n) is 4.23. The van der Waals surface area contributed by atoms with Crippen LogP contribution in [-0.2, 0) is 0 Å². The molecule has 0 saturated carbocycles. The van der Waals surface area contributed by atoms with Crippen LogP contribution in [0.2, 0.25) is 0 Å². The second kappa shape index (κ2) is 7.43. The van der Waals surface area contributed by atoms with Crippen molar-refractivity contribution >= 4 is 21.8 Å². The molecule has 0 atom stereocenters. The lowest BCUT2D eigenvalue weighted by molar-refractivity contribution is 0.953. The molecule has 4 nitrogen and oxygen atoms in total. The third-order valence-electron chi connectivity index (χ3n) is 5.71. The lowest BCUT2D eigenvalue weighted by atomic mass is 10.1. The van der Waals surface area contributed by atoms with E-state index in [1.54, 1.807) is 0 Å². The van der Waals surface area contributed by atoms with Gasteiger partial charge in [-0.3, -0.25) is 4.57 Å². The number of hydrogen-bond donors (Lipinski definition) is 0. The first-order valence-electron chi connectivity index (χ1n) is 10.6. The molecule has 0 aliphatic rings. The maximum Gasteiger partial charge on any atom is 0.238 e. The van der Waals surface area contributed by atoms with Gasteiger partial charge in [-0.15, -0.1) is 0 Å². The number of fused-ring (bicyclic) bond motifs is 3. The molecule has 0 aliphatic heterocycles. The topological polar surface area (TPSA) is 43.6 Å². The van der Waals surface area contributed by atoms with Crippen LogP contribution in [0.4, 0.5) is 0 Å². The van der Waals surface area contributed by atoms with Crippen LogP contribution < -0.4 is 0 Å². The van der Waals surface area contributed by atoms with Gasteiger partial charge in [-0.1, -0.05) is 90.5 Å². The fraction of sp³-hybridized carbons (Fsp3) is 0.0357. The van der Waals surface area contributed by atoms with E-state index in [4.69, 9.17) is 15.0 Å². The minimum atomic E-state index is 0.618. The van der Waals surface area contributed by atoms with Crippen molar-refractivity contribution in [3.05, 3.63) is 109 Å². The molecule has 32 heavy (non-hydrogen) atoms. The zero-order valence-corrected chi connectivity index (χ0v) is 17.6. The molecule has 152 valence electrons. The van der Waals surface area contributed by atoms with Gasteiger partial charge in [0.1, 0.15) is 0 Å². The van der Waals surface area contributed by atoms with Crippen molar-refractivity contribution in [1.29, 1.82) is 0 Å². The highest BCUT2D eigenvalue weighted by Crippen LogP contribution is 2.32. The number of nitrogens with zero attached hydrogens (tertiary/aromatic N) is 4. The molecular formula is C28H20N4. The first kappa shape index (κ1) is 18.5. The van der Waals surface area contributed by atoms with Crippen molar-refractivity contribution in [3.63, 3.8) is 0 Å². The maximum atomic E-state index is 4.95. The van der Waals surface area contributed by atoms with Gasteiger partial charge in [-0.05, 0) is 25.1 Å². The first-order chi connectivity index (χ1) is 15.8. The van der Waals surface area contributed by atoms with Gasteiger partial charge in [0.15, 0.2) is 11.6 Å². The largest absolute Gasteiger partial charge is 0.278 e. The Labute approximate surface area is 185 Å². The molecule has 0 unspecified atom stereocenters. The monoisotopic (exact) mass is 412 g/mol. The van der Waals surface area contributed by atoms with Crippen LogP contribution in [0.15, 0.2) is 103 Å². The van der Waals surface area contributed by atoms with Crippen LogP contribution in [0.3, 0.4) is 0 Å². The van der Waals surface area contributed by atoms with Gasteiger partial charge < -0.3 is 0 Å². The van der Waals surface area contributed by atoms with Crippen LogP contribution >= 0.6 is 0 Å². The summed E-state index contributed by atoms with van der Waals surface area (Å²) in [4.78, 5) is 14.7. The molecule has 4 heteroatoms. The van der Waals surface area contributed by atoms with E-state index in [9.17, 15) is 0 Å². The molecule has 2 heterocycles. The van der Waals surface area contributed by atoms with Crippen molar-refractivity contribution in [1.82, 2.24) is 19.5 Å². The summed E-state index contributed by atoms with van der Waals surface area (Å²) < 4.78 is 2.14. The molecule has 0 radical (unpaired) electrons. The third-order valence-corrected chi connectivity index (χ3v) is 5.71. The Kier molecular flexibility index (Phi) is 4.29. The van der Waals surface area contributed by atoms with E-state index in [-0.39, 0.29) is 0 Å². The second-order valence-electron chi connectivity index (χ2n) is 7.89. The van der Waals surface area contributed by atoms with E-state index >= 15 is 0 Å². The van der Waals surface area contributed by atoms with Gasteiger partial charge in [0.25, 0.3) is 0 Å². The summed E-state index contributed by atoms with van der Waals surface area (Å²) in [6.07, 6.45) is 0. The number of rotatable bonds is 3. The average molecular weight is 412 g/mol. The Morgan fingerprint density at radius 2 is 1.09 bits per heavy atom. The molecule has 0 N–H and O–H groups in total. The Morgan fingerprint density at radius 1 is 0.531 bits per heavy atom. The van der Waals surface area contributed by atoms with Crippen LogP contribution in [-0.4, -0.2) is 19.5 Å². The van der Waals surface area contributed by atoms with Crippen LogP contribution in [0.25, 0.3) is 50.5 Å². The molecule has 6 aromatic rings. The van der Waals surface area contributed by atoms with Crippen molar-refractivity contribution in [2.24, 2.45) is 0 Å². The number of para-hydroxylation sites is 2. The van der Waals surface area contributed by atoms with E-state index in [2.05, 4.69) is 72.2 Å². The molecule has 0 amide bonds. The minimum absolute atomic E-state index is 0.618. The Balaban J connectivity index is 1.69. The van der Waals surface area contributed by atoms with E-state index < -0.39 is 0 Å². The quantitative estimate of drug-likeness (QED) is 0.328. The van der Waals surface area contributed by atoms with E-state index in [0.29, 0.717) is 17.6 Å². The Hall–Kier alpha value is -4.31. The SMILES string of the molecule is Cc1cccc(-c2nc(-c3ccccc3)nc(-n3c4ccccc4c4ccccc43)n2)c1. The normalized spacial score (nSPS) is 11.3.